The molecule has 6 nitrogen and oxygen atoms in total. The van der Waals surface area contributed by atoms with E-state index in [4.69, 9.17) is 9.47 Å². The van der Waals surface area contributed by atoms with Crippen LogP contribution in [0.1, 0.15) is 15.9 Å². The van der Waals surface area contributed by atoms with Crippen LogP contribution in [0.2, 0.25) is 0 Å². The van der Waals surface area contributed by atoms with Gasteiger partial charge in [-0.1, -0.05) is 6.07 Å². The predicted octanol–water partition coefficient (Wildman–Crippen LogP) is 3.09. The normalized spacial score (nSPS) is 10.9. The van der Waals surface area contributed by atoms with Gasteiger partial charge in [-0.25, -0.2) is 0 Å². The second-order valence-electron chi connectivity index (χ2n) is 5.38. The molecule has 0 saturated carbocycles. The Bertz CT molecular complexity index is 838. The van der Waals surface area contributed by atoms with E-state index in [1.165, 1.54) is 44.6 Å². The summed E-state index contributed by atoms with van der Waals surface area (Å²) < 4.78 is 48.2. The van der Waals surface area contributed by atoms with Crippen LogP contribution in [0.4, 0.5) is 18.9 Å². The van der Waals surface area contributed by atoms with Crippen molar-refractivity contribution in [2.75, 3.05) is 26.1 Å². The summed E-state index contributed by atoms with van der Waals surface area (Å²) in [4.78, 5) is 24.0. The van der Waals surface area contributed by atoms with Gasteiger partial charge in [0, 0.05) is 11.3 Å². The molecule has 0 aliphatic carbocycles. The summed E-state index contributed by atoms with van der Waals surface area (Å²) in [6.45, 7) is -0.413. The Labute approximate surface area is 153 Å². The van der Waals surface area contributed by atoms with Crippen molar-refractivity contribution in [3.63, 3.8) is 0 Å². The molecule has 2 aromatic carbocycles. The molecule has 9 heteroatoms. The van der Waals surface area contributed by atoms with Crippen molar-refractivity contribution >= 4 is 17.5 Å². The molecule has 0 aliphatic rings. The van der Waals surface area contributed by atoms with Crippen molar-refractivity contribution in [3.05, 3.63) is 53.6 Å². The third-order valence-electron chi connectivity index (χ3n) is 3.53. The molecule has 0 aliphatic heterocycles. The molecule has 2 amide bonds. The molecule has 2 N–H and O–H groups in total. The largest absolute Gasteiger partial charge is 0.493 e. The predicted molar refractivity (Wildman–Crippen MR) is 92.0 cm³/mol. The Kier molecular flexibility index (Phi) is 6.27. The summed E-state index contributed by atoms with van der Waals surface area (Å²) in [5.41, 5.74) is -0.663. The Balaban J connectivity index is 1.97. The average molecular weight is 382 g/mol. The van der Waals surface area contributed by atoms with E-state index in [1.54, 1.807) is 0 Å². The number of alkyl halides is 3. The number of ether oxygens (including phenoxy) is 2. The van der Waals surface area contributed by atoms with Crippen molar-refractivity contribution in [2.45, 2.75) is 6.18 Å². The molecule has 0 fully saturated rings. The van der Waals surface area contributed by atoms with E-state index in [2.05, 4.69) is 10.6 Å². The maximum atomic E-state index is 12.7. The number of carbonyl (C=O) groups is 2. The second kappa shape index (κ2) is 8.43. The van der Waals surface area contributed by atoms with Crippen molar-refractivity contribution in [1.82, 2.24) is 5.32 Å². The molecule has 0 heterocycles. The lowest BCUT2D eigenvalue weighted by atomic mass is 10.2. The van der Waals surface area contributed by atoms with Crippen LogP contribution in [0, 0.1) is 0 Å². The van der Waals surface area contributed by atoms with Gasteiger partial charge in [-0.2, -0.15) is 13.2 Å². The minimum atomic E-state index is -4.51. The molecule has 0 unspecified atom stereocenters. The molecular weight excluding hydrogens is 365 g/mol. The van der Waals surface area contributed by atoms with Gasteiger partial charge in [-0.15, -0.1) is 0 Å². The lowest BCUT2D eigenvalue weighted by molar-refractivity contribution is -0.137. The molecule has 2 rings (SSSR count). The number of anilines is 1. The number of nitrogens with one attached hydrogen (secondary N) is 2. The fraction of sp³-hybridized carbons (Fsp3) is 0.222. The summed E-state index contributed by atoms with van der Waals surface area (Å²) in [5, 5.41) is 4.69. The standard InChI is InChI=1S/C18H17F3N2O4/c1-26-14-7-6-11(8-15(14)27-2)17(25)22-10-16(24)23-13-5-3-4-12(9-13)18(19,20)21/h3-9H,10H2,1-2H3,(H,22,25)(H,23,24). The minimum Gasteiger partial charge on any atom is -0.493 e. The fourth-order valence-electron chi connectivity index (χ4n) is 2.22. The summed E-state index contributed by atoms with van der Waals surface area (Å²) in [7, 11) is 2.87. The number of hydrogen-bond acceptors (Lipinski definition) is 4. The third-order valence-corrected chi connectivity index (χ3v) is 3.53. The molecule has 0 spiro atoms. The van der Waals surface area contributed by atoms with Crippen LogP contribution >= 0.6 is 0 Å². The molecule has 0 radical (unpaired) electrons. The molecular formula is C18H17F3N2O4. The van der Waals surface area contributed by atoms with Crippen LogP contribution in [0.5, 0.6) is 11.5 Å². The zero-order valence-electron chi connectivity index (χ0n) is 14.5. The number of carbonyl (C=O) groups excluding carboxylic acids is 2. The van der Waals surface area contributed by atoms with Crippen LogP contribution in [-0.2, 0) is 11.0 Å². The lowest BCUT2D eigenvalue weighted by Crippen LogP contribution is -2.32. The first-order valence-electron chi connectivity index (χ1n) is 7.72. The minimum absolute atomic E-state index is 0.0183. The first-order valence-corrected chi connectivity index (χ1v) is 7.72. The van der Waals surface area contributed by atoms with E-state index in [0.29, 0.717) is 11.5 Å². The first-order chi connectivity index (χ1) is 12.7. The smallest absolute Gasteiger partial charge is 0.416 e. The lowest BCUT2D eigenvalue weighted by Gasteiger charge is -2.11. The Morgan fingerprint density at radius 2 is 1.70 bits per heavy atom. The molecule has 0 atom stereocenters. The van der Waals surface area contributed by atoms with Crippen molar-refractivity contribution in [1.29, 1.82) is 0 Å². The van der Waals surface area contributed by atoms with Crippen LogP contribution in [-0.4, -0.2) is 32.6 Å². The number of rotatable bonds is 6. The van der Waals surface area contributed by atoms with Crippen LogP contribution < -0.4 is 20.1 Å². The van der Waals surface area contributed by atoms with E-state index in [9.17, 15) is 22.8 Å². The van der Waals surface area contributed by atoms with Gasteiger partial charge < -0.3 is 20.1 Å². The van der Waals surface area contributed by atoms with Crippen LogP contribution in [0.25, 0.3) is 0 Å². The highest BCUT2D eigenvalue weighted by Gasteiger charge is 2.30. The zero-order chi connectivity index (χ0) is 20.0. The molecule has 2 aromatic rings. The first kappa shape index (κ1) is 20.1. The van der Waals surface area contributed by atoms with E-state index in [-0.39, 0.29) is 11.3 Å². The Hall–Kier alpha value is -3.23. The Morgan fingerprint density at radius 1 is 1.00 bits per heavy atom. The van der Waals surface area contributed by atoms with Crippen molar-refractivity contribution < 1.29 is 32.2 Å². The van der Waals surface area contributed by atoms with E-state index in [1.807, 2.05) is 0 Å². The van der Waals surface area contributed by atoms with Crippen LogP contribution in [0.15, 0.2) is 42.5 Å². The van der Waals surface area contributed by atoms with Gasteiger partial charge in [0.15, 0.2) is 11.5 Å². The van der Waals surface area contributed by atoms with Crippen LogP contribution in [0.3, 0.4) is 0 Å². The Morgan fingerprint density at radius 3 is 2.33 bits per heavy atom. The topological polar surface area (TPSA) is 76.7 Å². The van der Waals surface area contributed by atoms with Gasteiger partial charge in [0.1, 0.15) is 0 Å². The molecule has 144 valence electrons. The number of halogens is 3. The maximum Gasteiger partial charge on any atom is 0.416 e. The zero-order valence-corrected chi connectivity index (χ0v) is 14.5. The van der Waals surface area contributed by atoms with Gasteiger partial charge in [0.2, 0.25) is 5.91 Å². The molecule has 0 saturated heterocycles. The maximum absolute atomic E-state index is 12.7. The van der Waals surface area contributed by atoms with Gasteiger partial charge in [-0.3, -0.25) is 9.59 Å². The summed E-state index contributed by atoms with van der Waals surface area (Å²) in [6.07, 6.45) is -4.51. The van der Waals surface area contributed by atoms with E-state index >= 15 is 0 Å². The quantitative estimate of drug-likeness (QED) is 0.805. The SMILES string of the molecule is COc1ccc(C(=O)NCC(=O)Nc2cccc(C(F)(F)F)c2)cc1OC. The molecule has 0 bridgehead atoms. The molecule has 0 aromatic heterocycles. The van der Waals surface area contributed by atoms with E-state index in [0.717, 1.165) is 12.1 Å². The monoisotopic (exact) mass is 382 g/mol. The highest BCUT2D eigenvalue weighted by atomic mass is 19.4. The summed E-state index contributed by atoms with van der Waals surface area (Å²) in [6, 6.07) is 8.68. The van der Waals surface area contributed by atoms with Gasteiger partial charge in [0.05, 0.1) is 26.3 Å². The summed E-state index contributed by atoms with van der Waals surface area (Å²) >= 11 is 0. The number of methoxy groups -OCH3 is 2. The number of hydrogen-bond donors (Lipinski definition) is 2. The third kappa shape index (κ3) is 5.37. The van der Waals surface area contributed by atoms with Crippen molar-refractivity contribution in [2.24, 2.45) is 0 Å². The fourth-order valence-corrected chi connectivity index (χ4v) is 2.22. The second-order valence-corrected chi connectivity index (χ2v) is 5.38. The van der Waals surface area contributed by atoms with Crippen molar-refractivity contribution in [3.8, 4) is 11.5 Å². The van der Waals surface area contributed by atoms with Gasteiger partial charge in [-0.05, 0) is 36.4 Å². The van der Waals surface area contributed by atoms with Gasteiger partial charge >= 0.3 is 6.18 Å². The highest BCUT2D eigenvalue weighted by Crippen LogP contribution is 2.30. The van der Waals surface area contributed by atoms with E-state index < -0.39 is 30.1 Å². The molecule has 27 heavy (non-hydrogen) atoms. The highest BCUT2D eigenvalue weighted by molar-refractivity contribution is 5.99. The summed E-state index contributed by atoms with van der Waals surface area (Å²) in [5.74, 6) is -0.423. The van der Waals surface area contributed by atoms with Gasteiger partial charge in [0.25, 0.3) is 5.91 Å². The number of amides is 2. The number of benzene rings is 2. The average Bonchev–Trinajstić information content (AvgIpc) is 2.65.